The van der Waals surface area contributed by atoms with E-state index in [1.165, 1.54) is 0 Å². The molecule has 0 aliphatic heterocycles. The first-order valence-electron chi connectivity index (χ1n) is 10.1. The molecule has 0 amide bonds. The van der Waals surface area contributed by atoms with E-state index in [0.29, 0.717) is 23.7 Å². The van der Waals surface area contributed by atoms with Crippen LogP contribution in [0.1, 0.15) is 19.8 Å². The smallest absolute Gasteiger partial charge is 0.311 e. The van der Waals surface area contributed by atoms with Gasteiger partial charge in [0, 0.05) is 17.4 Å². The highest BCUT2D eigenvalue weighted by atomic mass is 16.5. The molecule has 0 spiro atoms. The molecular weight excluding hydrogens is 392 g/mol. The summed E-state index contributed by atoms with van der Waals surface area (Å²) in [4.78, 5) is 11.7. The van der Waals surface area contributed by atoms with Gasteiger partial charge in [0.1, 0.15) is 28.7 Å². The molecule has 0 saturated carbocycles. The third-order valence-corrected chi connectivity index (χ3v) is 4.84. The molecule has 0 heterocycles. The zero-order chi connectivity index (χ0) is 21.8. The lowest BCUT2D eigenvalue weighted by Gasteiger charge is -2.15. The Balaban J connectivity index is 1.73. The van der Waals surface area contributed by atoms with Crippen molar-refractivity contribution in [2.45, 2.75) is 19.8 Å². The zero-order valence-corrected chi connectivity index (χ0v) is 17.0. The number of esters is 1. The Kier molecular flexibility index (Phi) is 5.76. The van der Waals surface area contributed by atoms with Crippen LogP contribution >= 0.6 is 0 Å². The summed E-state index contributed by atoms with van der Waals surface area (Å²) in [5, 5.41) is 21.4. The van der Waals surface area contributed by atoms with E-state index in [1.54, 1.807) is 60.7 Å². The zero-order valence-electron chi connectivity index (χ0n) is 17.0. The van der Waals surface area contributed by atoms with Gasteiger partial charge < -0.3 is 19.7 Å². The van der Waals surface area contributed by atoms with Crippen LogP contribution in [0.25, 0.3) is 21.9 Å². The summed E-state index contributed by atoms with van der Waals surface area (Å²) in [6.45, 7) is 1.92. The molecule has 0 radical (unpaired) electrons. The number of carbonyl (C=O) groups excluding carboxylic acids is 1. The number of rotatable bonds is 6. The Hall–Kier alpha value is -3.99. The summed E-state index contributed by atoms with van der Waals surface area (Å²) < 4.78 is 11.6. The lowest BCUT2D eigenvalue weighted by atomic mass is 9.99. The molecule has 0 fully saturated rings. The van der Waals surface area contributed by atoms with Gasteiger partial charge in [-0.1, -0.05) is 25.1 Å². The van der Waals surface area contributed by atoms with Crippen LogP contribution < -0.4 is 9.47 Å². The average molecular weight is 414 g/mol. The molecule has 4 rings (SSSR count). The number of hydrogen-bond acceptors (Lipinski definition) is 5. The van der Waals surface area contributed by atoms with Crippen LogP contribution in [-0.2, 0) is 4.79 Å². The number of carbonyl (C=O) groups is 1. The van der Waals surface area contributed by atoms with Crippen LogP contribution in [0.3, 0.4) is 0 Å². The van der Waals surface area contributed by atoms with Crippen LogP contribution in [0.2, 0.25) is 0 Å². The van der Waals surface area contributed by atoms with E-state index in [2.05, 4.69) is 0 Å². The molecule has 0 atom stereocenters. The molecule has 5 nitrogen and oxygen atoms in total. The first-order chi connectivity index (χ1) is 15.0. The maximum Gasteiger partial charge on any atom is 0.311 e. The third-order valence-electron chi connectivity index (χ3n) is 4.84. The standard InChI is InChI=1S/C26H22O5/c1-2-4-25(29)30-21-9-11-22(12-10-21)31-26-23(17-5-3-6-19(27)15-17)13-7-18-16-20(28)8-14-24(18)26/h3,5-16,27-28H,2,4H2,1H3. The fourth-order valence-electron chi connectivity index (χ4n) is 3.38. The molecule has 0 unspecified atom stereocenters. The van der Waals surface area contributed by atoms with Gasteiger partial charge >= 0.3 is 5.97 Å². The predicted octanol–water partition coefficient (Wildman–Crippen LogP) is 6.42. The van der Waals surface area contributed by atoms with Gasteiger partial charge in [0.15, 0.2) is 0 Å². The highest BCUT2D eigenvalue weighted by Gasteiger charge is 2.14. The Morgan fingerprint density at radius 3 is 2.32 bits per heavy atom. The van der Waals surface area contributed by atoms with Gasteiger partial charge in [-0.15, -0.1) is 0 Å². The second kappa shape index (κ2) is 8.79. The van der Waals surface area contributed by atoms with E-state index in [9.17, 15) is 15.0 Å². The van der Waals surface area contributed by atoms with E-state index >= 15 is 0 Å². The Morgan fingerprint density at radius 2 is 1.58 bits per heavy atom. The molecular formula is C26H22O5. The summed E-state index contributed by atoms with van der Waals surface area (Å²) in [7, 11) is 0. The van der Waals surface area contributed by atoms with Crippen molar-refractivity contribution in [3.8, 4) is 39.9 Å². The Labute approximate surface area is 180 Å². The Morgan fingerprint density at radius 1 is 0.839 bits per heavy atom. The minimum absolute atomic E-state index is 0.160. The molecule has 0 saturated heterocycles. The molecule has 4 aromatic rings. The van der Waals surface area contributed by atoms with Crippen molar-refractivity contribution >= 4 is 16.7 Å². The van der Waals surface area contributed by atoms with Gasteiger partial charge in [0.25, 0.3) is 0 Å². The van der Waals surface area contributed by atoms with E-state index in [4.69, 9.17) is 9.47 Å². The summed E-state index contributed by atoms with van der Waals surface area (Å²) in [6.07, 6.45) is 1.10. The number of aromatic hydroxyl groups is 2. The fourth-order valence-corrected chi connectivity index (χ4v) is 3.38. The maximum atomic E-state index is 11.7. The first kappa shape index (κ1) is 20.3. The Bertz CT molecular complexity index is 1230. The van der Waals surface area contributed by atoms with Gasteiger partial charge in [0.05, 0.1) is 0 Å². The van der Waals surface area contributed by atoms with Crippen molar-refractivity contribution in [3.63, 3.8) is 0 Å². The molecule has 0 aromatic heterocycles. The van der Waals surface area contributed by atoms with Crippen LogP contribution in [0, 0.1) is 0 Å². The summed E-state index contributed by atoms with van der Waals surface area (Å²) in [6, 6.07) is 22.7. The minimum atomic E-state index is -0.267. The fraction of sp³-hybridized carbons (Fsp3) is 0.115. The lowest BCUT2D eigenvalue weighted by Crippen LogP contribution is -2.06. The van der Waals surface area contributed by atoms with Crippen LogP contribution in [0.4, 0.5) is 0 Å². The van der Waals surface area contributed by atoms with Crippen molar-refractivity contribution in [1.82, 2.24) is 0 Å². The van der Waals surface area contributed by atoms with E-state index < -0.39 is 0 Å². The molecule has 0 bridgehead atoms. The van der Waals surface area contributed by atoms with E-state index in [-0.39, 0.29) is 17.5 Å². The van der Waals surface area contributed by atoms with Crippen molar-refractivity contribution in [2.24, 2.45) is 0 Å². The number of phenolic OH excluding ortho intramolecular Hbond substituents is 2. The van der Waals surface area contributed by atoms with Crippen molar-refractivity contribution in [2.75, 3.05) is 0 Å². The van der Waals surface area contributed by atoms with Crippen molar-refractivity contribution in [3.05, 3.63) is 78.9 Å². The van der Waals surface area contributed by atoms with Gasteiger partial charge in [-0.2, -0.15) is 0 Å². The van der Waals surface area contributed by atoms with Crippen LogP contribution in [0.5, 0.6) is 28.7 Å². The average Bonchev–Trinajstić information content (AvgIpc) is 2.75. The first-order valence-corrected chi connectivity index (χ1v) is 10.1. The van der Waals surface area contributed by atoms with Gasteiger partial charge in [-0.25, -0.2) is 0 Å². The van der Waals surface area contributed by atoms with Crippen molar-refractivity contribution in [1.29, 1.82) is 0 Å². The largest absolute Gasteiger partial charge is 0.508 e. The molecule has 5 heteroatoms. The van der Waals surface area contributed by atoms with Gasteiger partial charge in [-0.05, 0) is 78.0 Å². The van der Waals surface area contributed by atoms with Gasteiger partial charge in [-0.3, -0.25) is 4.79 Å². The maximum absolute atomic E-state index is 11.7. The van der Waals surface area contributed by atoms with E-state index in [0.717, 1.165) is 28.3 Å². The highest BCUT2D eigenvalue weighted by Crippen LogP contribution is 2.41. The highest BCUT2D eigenvalue weighted by molar-refractivity contribution is 5.96. The molecule has 2 N–H and O–H groups in total. The minimum Gasteiger partial charge on any atom is -0.508 e. The molecule has 31 heavy (non-hydrogen) atoms. The number of phenols is 2. The summed E-state index contributed by atoms with van der Waals surface area (Å²) >= 11 is 0. The van der Waals surface area contributed by atoms with Crippen LogP contribution in [0.15, 0.2) is 78.9 Å². The lowest BCUT2D eigenvalue weighted by molar-refractivity contribution is -0.134. The monoisotopic (exact) mass is 414 g/mol. The van der Waals surface area contributed by atoms with Crippen molar-refractivity contribution < 1.29 is 24.5 Å². The van der Waals surface area contributed by atoms with Crippen LogP contribution in [-0.4, -0.2) is 16.2 Å². The number of hydrogen-bond donors (Lipinski definition) is 2. The summed E-state index contributed by atoms with van der Waals surface area (Å²) in [5.41, 5.74) is 1.60. The second-order valence-electron chi connectivity index (χ2n) is 7.20. The molecule has 4 aromatic carbocycles. The van der Waals surface area contributed by atoms with E-state index in [1.807, 2.05) is 25.1 Å². The molecule has 0 aliphatic carbocycles. The number of fused-ring (bicyclic) bond motifs is 1. The molecule has 156 valence electrons. The third kappa shape index (κ3) is 4.61. The quantitative estimate of drug-likeness (QED) is 0.281. The normalized spacial score (nSPS) is 10.7. The summed E-state index contributed by atoms with van der Waals surface area (Å²) in [5.74, 6) is 1.68. The predicted molar refractivity (Wildman–Crippen MR) is 120 cm³/mol. The number of benzene rings is 4. The SMILES string of the molecule is CCCC(=O)Oc1ccc(Oc2c(-c3cccc(O)c3)ccc3cc(O)ccc23)cc1. The van der Waals surface area contributed by atoms with Gasteiger partial charge in [0.2, 0.25) is 0 Å². The number of ether oxygens (including phenoxy) is 2. The molecule has 0 aliphatic rings. The topological polar surface area (TPSA) is 76.0 Å². The second-order valence-corrected chi connectivity index (χ2v) is 7.20.